The van der Waals surface area contributed by atoms with E-state index in [4.69, 9.17) is 15.0 Å². The fourth-order valence-corrected chi connectivity index (χ4v) is 0.356. The van der Waals surface area contributed by atoms with E-state index < -0.39 is 17.9 Å². The third kappa shape index (κ3) is 11.6. The molecule has 5 nitrogen and oxygen atoms in total. The number of aliphatic hydroxyl groups is 1. The Morgan fingerprint density at radius 2 is 1.83 bits per heavy atom. The second-order valence-corrected chi connectivity index (χ2v) is 2.02. The van der Waals surface area contributed by atoms with Crippen LogP contribution >= 0.6 is 0 Å². The number of rotatable bonds is 3. The average Bonchev–Trinajstić information content (AvgIpc) is 1.87. The summed E-state index contributed by atoms with van der Waals surface area (Å²) >= 11 is 0. The number of aldehydes is 1. The number of carboxylic acids is 1. The van der Waals surface area contributed by atoms with Crippen LogP contribution in [0.15, 0.2) is 0 Å². The van der Waals surface area contributed by atoms with Gasteiger partial charge in [-0.1, -0.05) is 0 Å². The van der Waals surface area contributed by atoms with Crippen molar-refractivity contribution >= 4 is 18.0 Å². The number of carbonyl (C=O) groups excluding carboxylic acids is 2. The lowest BCUT2D eigenvalue weighted by molar-refractivity contribution is -0.149. The maximum atomic E-state index is 10.2. The van der Waals surface area contributed by atoms with Gasteiger partial charge in [0.25, 0.3) is 0 Å². The predicted molar refractivity (Wildman–Crippen MR) is 40.7 cm³/mol. The first kappa shape index (κ1) is 13.4. The number of hydrogen-bond donors (Lipinski definition) is 2. The second-order valence-electron chi connectivity index (χ2n) is 2.02. The minimum Gasteiger partial charge on any atom is -0.475 e. The number of ketones is 1. The van der Waals surface area contributed by atoms with E-state index in [1.807, 2.05) is 0 Å². The highest BCUT2D eigenvalue weighted by Gasteiger charge is 2.12. The molecule has 1 unspecified atom stereocenters. The monoisotopic (exact) mass is 176 g/mol. The molecule has 0 radical (unpaired) electrons. The Morgan fingerprint density at radius 1 is 1.50 bits per heavy atom. The lowest BCUT2D eigenvalue weighted by atomic mass is 10.2. The summed E-state index contributed by atoms with van der Waals surface area (Å²) < 4.78 is 0. The van der Waals surface area contributed by atoms with Gasteiger partial charge in [-0.25, -0.2) is 4.79 Å². The van der Waals surface area contributed by atoms with Crippen LogP contribution in [0.25, 0.3) is 0 Å². The summed E-state index contributed by atoms with van der Waals surface area (Å²) in [6.07, 6.45) is -0.427. The smallest absolute Gasteiger partial charge is 0.372 e. The van der Waals surface area contributed by atoms with E-state index in [9.17, 15) is 9.59 Å². The molecule has 0 aromatic heterocycles. The minimum absolute atomic E-state index is 0.310. The normalized spacial score (nSPS) is 10.6. The Bertz CT molecular complexity index is 161. The van der Waals surface area contributed by atoms with Gasteiger partial charge in [-0.2, -0.15) is 0 Å². The summed E-state index contributed by atoms with van der Waals surface area (Å²) in [6, 6.07) is 0. The zero-order valence-corrected chi connectivity index (χ0v) is 6.98. The molecule has 0 fully saturated rings. The van der Waals surface area contributed by atoms with E-state index in [2.05, 4.69) is 0 Å². The maximum absolute atomic E-state index is 10.2. The summed E-state index contributed by atoms with van der Waals surface area (Å²) in [6.45, 7) is 2.81. The summed E-state index contributed by atoms with van der Waals surface area (Å²) in [4.78, 5) is 28.8. The topological polar surface area (TPSA) is 91.7 Å². The zero-order valence-electron chi connectivity index (χ0n) is 6.98. The van der Waals surface area contributed by atoms with Crippen LogP contribution < -0.4 is 0 Å². The molecule has 0 amide bonds. The summed E-state index contributed by atoms with van der Waals surface area (Å²) in [5.74, 6) is -2.44. The molecule has 0 rings (SSSR count). The van der Waals surface area contributed by atoms with Gasteiger partial charge in [0.05, 0.1) is 6.10 Å². The van der Waals surface area contributed by atoms with Crippen LogP contribution in [0.4, 0.5) is 0 Å². The molecule has 12 heavy (non-hydrogen) atoms. The van der Waals surface area contributed by atoms with Crippen molar-refractivity contribution in [1.82, 2.24) is 0 Å². The first-order valence-electron chi connectivity index (χ1n) is 3.29. The highest BCUT2D eigenvalue weighted by molar-refractivity contribution is 6.32. The van der Waals surface area contributed by atoms with E-state index in [0.29, 0.717) is 0 Å². The van der Waals surface area contributed by atoms with Gasteiger partial charge in [0, 0.05) is 6.42 Å². The molecule has 0 heterocycles. The van der Waals surface area contributed by atoms with Gasteiger partial charge < -0.3 is 15.0 Å². The number of carboxylic acid groups (broad SMARTS) is 1. The minimum atomic E-state index is -1.49. The molecule has 0 saturated heterocycles. The SMILES string of the molecule is CC(O)CC(=O)C(=O)O.CC=O. The van der Waals surface area contributed by atoms with Crippen molar-refractivity contribution in [2.45, 2.75) is 26.4 Å². The van der Waals surface area contributed by atoms with Crippen LogP contribution in [0.5, 0.6) is 0 Å². The molecular weight excluding hydrogens is 164 g/mol. The first-order valence-corrected chi connectivity index (χ1v) is 3.29. The van der Waals surface area contributed by atoms with Gasteiger partial charge in [0.15, 0.2) is 0 Å². The second kappa shape index (κ2) is 7.87. The van der Waals surface area contributed by atoms with Crippen molar-refractivity contribution in [3.8, 4) is 0 Å². The molecule has 70 valence electrons. The fourth-order valence-electron chi connectivity index (χ4n) is 0.356. The van der Waals surface area contributed by atoms with Gasteiger partial charge in [0.2, 0.25) is 5.78 Å². The van der Waals surface area contributed by atoms with E-state index >= 15 is 0 Å². The molecular formula is C7H12O5. The molecule has 0 bridgehead atoms. The molecule has 0 aliphatic carbocycles. The predicted octanol–water partition coefficient (Wildman–Crippen LogP) is -0.384. The number of aliphatic hydroxyl groups excluding tert-OH is 1. The van der Waals surface area contributed by atoms with Crippen molar-refractivity contribution in [2.75, 3.05) is 0 Å². The standard InChI is InChI=1S/C5H8O4.C2H4O/c1-3(6)2-4(7)5(8)9;1-2-3/h3,6H,2H2,1H3,(H,8,9);2H,1H3. The molecule has 0 spiro atoms. The van der Waals surface area contributed by atoms with Crippen molar-refractivity contribution in [3.63, 3.8) is 0 Å². The molecule has 2 N–H and O–H groups in total. The van der Waals surface area contributed by atoms with Crippen LogP contribution in [0.2, 0.25) is 0 Å². The highest BCUT2D eigenvalue weighted by Crippen LogP contribution is 1.89. The number of aliphatic carboxylic acids is 1. The van der Waals surface area contributed by atoms with E-state index in [1.54, 1.807) is 0 Å². The molecule has 0 aliphatic heterocycles. The Morgan fingerprint density at radius 3 is 1.92 bits per heavy atom. The first-order chi connectivity index (χ1) is 5.45. The molecule has 0 aromatic carbocycles. The Hall–Kier alpha value is -1.23. The van der Waals surface area contributed by atoms with Gasteiger partial charge in [0.1, 0.15) is 6.29 Å². The fraction of sp³-hybridized carbons (Fsp3) is 0.571. The highest BCUT2D eigenvalue weighted by atomic mass is 16.4. The zero-order chi connectivity index (χ0) is 10.1. The summed E-state index contributed by atoms with van der Waals surface area (Å²) in [5.41, 5.74) is 0. The van der Waals surface area contributed by atoms with Crippen molar-refractivity contribution in [2.24, 2.45) is 0 Å². The molecule has 1 atom stereocenters. The van der Waals surface area contributed by atoms with Crippen LogP contribution in [-0.4, -0.2) is 34.4 Å². The van der Waals surface area contributed by atoms with E-state index in [-0.39, 0.29) is 6.42 Å². The van der Waals surface area contributed by atoms with Gasteiger partial charge in [-0.05, 0) is 13.8 Å². The number of Topliss-reactive ketones (excluding diaryl/α,β-unsaturated/α-hetero) is 1. The number of hydrogen-bond acceptors (Lipinski definition) is 4. The lowest BCUT2D eigenvalue weighted by Crippen LogP contribution is -2.17. The summed E-state index contributed by atoms with van der Waals surface area (Å²) in [5, 5.41) is 16.5. The summed E-state index contributed by atoms with van der Waals surface area (Å²) in [7, 11) is 0. The van der Waals surface area contributed by atoms with Crippen LogP contribution in [-0.2, 0) is 14.4 Å². The quantitative estimate of drug-likeness (QED) is 0.451. The largest absolute Gasteiger partial charge is 0.475 e. The van der Waals surface area contributed by atoms with Crippen LogP contribution in [0.1, 0.15) is 20.3 Å². The Kier molecular flexibility index (Phi) is 8.77. The van der Waals surface area contributed by atoms with Gasteiger partial charge >= 0.3 is 5.97 Å². The Balaban J connectivity index is 0. The maximum Gasteiger partial charge on any atom is 0.372 e. The number of carbonyl (C=O) groups is 3. The Labute approximate surface area is 70.0 Å². The van der Waals surface area contributed by atoms with Crippen LogP contribution in [0, 0.1) is 0 Å². The van der Waals surface area contributed by atoms with E-state index in [0.717, 1.165) is 6.29 Å². The molecule has 0 aromatic rings. The van der Waals surface area contributed by atoms with Gasteiger partial charge in [-0.3, -0.25) is 4.79 Å². The molecule has 0 aliphatic rings. The van der Waals surface area contributed by atoms with Crippen molar-refractivity contribution < 1.29 is 24.6 Å². The van der Waals surface area contributed by atoms with E-state index in [1.165, 1.54) is 13.8 Å². The van der Waals surface area contributed by atoms with Crippen molar-refractivity contribution in [1.29, 1.82) is 0 Å². The van der Waals surface area contributed by atoms with Gasteiger partial charge in [-0.15, -0.1) is 0 Å². The molecule has 5 heteroatoms. The third-order valence-corrected chi connectivity index (χ3v) is 0.719. The molecule has 0 saturated carbocycles. The average molecular weight is 176 g/mol. The third-order valence-electron chi connectivity index (χ3n) is 0.719. The lowest BCUT2D eigenvalue weighted by Gasteiger charge is -1.96. The van der Waals surface area contributed by atoms with Crippen molar-refractivity contribution in [3.05, 3.63) is 0 Å². The van der Waals surface area contributed by atoms with Crippen LogP contribution in [0.3, 0.4) is 0 Å².